The molecule has 0 saturated heterocycles. The third-order valence-corrected chi connectivity index (χ3v) is 4.61. The molecule has 2 aromatic rings. The highest BCUT2D eigenvalue weighted by atomic mass is 32.2. The van der Waals surface area contributed by atoms with Crippen LogP contribution in [0.15, 0.2) is 53.4 Å². The molecule has 0 aliphatic heterocycles. The quantitative estimate of drug-likeness (QED) is 0.889. The predicted molar refractivity (Wildman–Crippen MR) is 81.2 cm³/mol. The van der Waals surface area contributed by atoms with Crippen molar-refractivity contribution < 1.29 is 8.42 Å². The van der Waals surface area contributed by atoms with E-state index in [0.717, 1.165) is 5.69 Å². The highest BCUT2D eigenvalue weighted by Gasteiger charge is 2.10. The molecule has 0 aliphatic carbocycles. The van der Waals surface area contributed by atoms with Gasteiger partial charge in [0.1, 0.15) is 0 Å². The highest BCUT2D eigenvalue weighted by molar-refractivity contribution is 7.89. The van der Waals surface area contributed by atoms with Gasteiger partial charge in [-0.05, 0) is 49.4 Å². The van der Waals surface area contributed by atoms with E-state index in [1.807, 2.05) is 12.1 Å². The third kappa shape index (κ3) is 3.37. The van der Waals surface area contributed by atoms with E-state index in [2.05, 4.69) is 29.1 Å². The smallest absolute Gasteiger partial charge is 0.240 e. The van der Waals surface area contributed by atoms with Crippen molar-refractivity contribution in [1.82, 2.24) is 4.72 Å². The van der Waals surface area contributed by atoms with Crippen molar-refractivity contribution in [3.05, 3.63) is 59.7 Å². The van der Waals surface area contributed by atoms with Crippen LogP contribution < -0.4 is 10.0 Å². The van der Waals surface area contributed by atoms with Gasteiger partial charge < -0.3 is 5.32 Å². The normalized spacial score (nSPS) is 11.3. The number of anilines is 1. The molecule has 0 aromatic heterocycles. The van der Waals surface area contributed by atoms with E-state index < -0.39 is 10.0 Å². The number of hydrogen-bond donors (Lipinski definition) is 2. The van der Waals surface area contributed by atoms with E-state index in [1.54, 1.807) is 24.3 Å². The Kier molecular flexibility index (Phi) is 4.42. The zero-order valence-corrected chi connectivity index (χ0v) is 12.4. The largest absolute Gasteiger partial charge is 0.381 e. The fraction of sp³-hybridized carbons (Fsp3) is 0.200. The topological polar surface area (TPSA) is 58.2 Å². The minimum Gasteiger partial charge on any atom is -0.381 e. The second-order valence-electron chi connectivity index (χ2n) is 4.51. The van der Waals surface area contributed by atoms with E-state index in [-0.39, 0.29) is 4.90 Å². The molecule has 0 bridgehead atoms. The Morgan fingerprint density at radius 2 is 1.65 bits per heavy atom. The van der Waals surface area contributed by atoms with E-state index in [4.69, 9.17) is 0 Å². The van der Waals surface area contributed by atoms with Crippen molar-refractivity contribution in [1.29, 1.82) is 0 Å². The first-order valence-corrected chi connectivity index (χ1v) is 7.83. The van der Waals surface area contributed by atoms with Crippen LogP contribution in [0, 0.1) is 6.92 Å². The van der Waals surface area contributed by atoms with Crippen molar-refractivity contribution in [3.63, 3.8) is 0 Å². The van der Waals surface area contributed by atoms with Crippen molar-refractivity contribution in [2.75, 3.05) is 12.4 Å². The van der Waals surface area contributed by atoms with Crippen molar-refractivity contribution in [2.24, 2.45) is 0 Å². The van der Waals surface area contributed by atoms with Gasteiger partial charge in [-0.3, -0.25) is 0 Å². The summed E-state index contributed by atoms with van der Waals surface area (Å²) in [6, 6.07) is 14.9. The molecule has 2 aromatic carbocycles. The Morgan fingerprint density at radius 3 is 2.25 bits per heavy atom. The van der Waals surface area contributed by atoms with Crippen LogP contribution in [0.5, 0.6) is 0 Å². The zero-order chi connectivity index (χ0) is 14.6. The maximum absolute atomic E-state index is 11.6. The molecule has 0 fully saturated rings. The second-order valence-corrected chi connectivity index (χ2v) is 6.40. The number of hydrogen-bond acceptors (Lipinski definition) is 3. The van der Waals surface area contributed by atoms with Gasteiger partial charge in [0.15, 0.2) is 0 Å². The molecular weight excluding hydrogens is 272 g/mol. The van der Waals surface area contributed by atoms with Crippen LogP contribution in [0.3, 0.4) is 0 Å². The lowest BCUT2D eigenvalue weighted by atomic mass is 10.1. The van der Waals surface area contributed by atoms with Crippen LogP contribution in [0.1, 0.15) is 11.1 Å². The summed E-state index contributed by atoms with van der Waals surface area (Å²) in [6.45, 7) is 2.78. The Bertz CT molecular complexity index is 679. The molecule has 20 heavy (non-hydrogen) atoms. The maximum Gasteiger partial charge on any atom is 0.240 e. The molecule has 0 spiro atoms. The van der Waals surface area contributed by atoms with Crippen LogP contribution >= 0.6 is 0 Å². The fourth-order valence-electron chi connectivity index (χ4n) is 1.88. The average molecular weight is 290 g/mol. The summed E-state index contributed by atoms with van der Waals surface area (Å²) in [6.07, 6.45) is 0. The average Bonchev–Trinajstić information content (AvgIpc) is 2.47. The number of benzene rings is 2. The Hall–Kier alpha value is -1.85. The van der Waals surface area contributed by atoms with E-state index >= 15 is 0 Å². The summed E-state index contributed by atoms with van der Waals surface area (Å²) >= 11 is 0. The summed E-state index contributed by atoms with van der Waals surface area (Å²) in [7, 11) is -1.96. The van der Waals surface area contributed by atoms with Gasteiger partial charge in [-0.15, -0.1) is 0 Å². The van der Waals surface area contributed by atoms with Crippen LogP contribution in [-0.4, -0.2) is 15.5 Å². The SMILES string of the molecule is CNS(=O)(=O)c1ccc(NCc2ccccc2C)cc1. The molecule has 4 nitrogen and oxygen atoms in total. The molecule has 0 amide bonds. The van der Waals surface area contributed by atoms with Crippen molar-refractivity contribution in [3.8, 4) is 0 Å². The molecule has 0 aliphatic rings. The summed E-state index contributed by atoms with van der Waals surface area (Å²) in [5, 5.41) is 3.28. The minimum atomic E-state index is -3.37. The fourth-order valence-corrected chi connectivity index (χ4v) is 2.61. The Balaban J connectivity index is 2.07. The van der Waals surface area contributed by atoms with Crippen LogP contribution in [0.4, 0.5) is 5.69 Å². The molecule has 2 N–H and O–H groups in total. The van der Waals surface area contributed by atoms with Gasteiger partial charge in [-0.2, -0.15) is 0 Å². The molecule has 106 valence electrons. The van der Waals surface area contributed by atoms with E-state index in [9.17, 15) is 8.42 Å². The second kappa shape index (κ2) is 6.07. The molecule has 2 rings (SSSR count). The van der Waals surface area contributed by atoms with Crippen LogP contribution in [-0.2, 0) is 16.6 Å². The minimum absolute atomic E-state index is 0.265. The lowest BCUT2D eigenvalue weighted by molar-refractivity contribution is 0.588. The van der Waals surface area contributed by atoms with Gasteiger partial charge in [0.25, 0.3) is 0 Å². The highest BCUT2D eigenvalue weighted by Crippen LogP contribution is 2.15. The van der Waals surface area contributed by atoms with Gasteiger partial charge in [0.05, 0.1) is 4.90 Å². The molecular formula is C15H18N2O2S. The summed E-state index contributed by atoms with van der Waals surface area (Å²) in [4.78, 5) is 0.265. The van der Waals surface area contributed by atoms with Gasteiger partial charge in [-0.25, -0.2) is 13.1 Å². The number of nitrogens with one attached hydrogen (secondary N) is 2. The Morgan fingerprint density at radius 1 is 1.00 bits per heavy atom. The lowest BCUT2D eigenvalue weighted by Gasteiger charge is -2.09. The first-order valence-electron chi connectivity index (χ1n) is 6.35. The molecule has 0 unspecified atom stereocenters. The predicted octanol–water partition coefficient (Wildman–Crippen LogP) is 2.52. The lowest BCUT2D eigenvalue weighted by Crippen LogP contribution is -2.18. The van der Waals surface area contributed by atoms with E-state index in [1.165, 1.54) is 18.2 Å². The van der Waals surface area contributed by atoms with Crippen molar-refractivity contribution in [2.45, 2.75) is 18.4 Å². The van der Waals surface area contributed by atoms with Gasteiger partial charge >= 0.3 is 0 Å². The molecule has 0 atom stereocenters. The van der Waals surface area contributed by atoms with E-state index in [0.29, 0.717) is 6.54 Å². The summed E-state index contributed by atoms with van der Waals surface area (Å²) < 4.78 is 25.5. The third-order valence-electron chi connectivity index (χ3n) is 3.18. The van der Waals surface area contributed by atoms with Crippen molar-refractivity contribution >= 4 is 15.7 Å². The monoisotopic (exact) mass is 290 g/mol. The number of aryl methyl sites for hydroxylation is 1. The Labute approximate surface area is 119 Å². The molecule has 0 saturated carbocycles. The molecule has 0 heterocycles. The first kappa shape index (κ1) is 14.6. The molecule has 0 radical (unpaired) electrons. The number of rotatable bonds is 5. The van der Waals surface area contributed by atoms with Crippen LogP contribution in [0.2, 0.25) is 0 Å². The summed E-state index contributed by atoms with van der Waals surface area (Å²) in [5.41, 5.74) is 3.34. The first-order chi connectivity index (χ1) is 9.53. The standard InChI is InChI=1S/C15H18N2O2S/c1-12-5-3-4-6-13(12)11-17-14-7-9-15(10-8-14)20(18,19)16-2/h3-10,16-17H,11H2,1-2H3. The molecule has 5 heteroatoms. The van der Waals surface area contributed by atoms with Gasteiger partial charge in [0.2, 0.25) is 10.0 Å². The zero-order valence-electron chi connectivity index (χ0n) is 11.6. The maximum atomic E-state index is 11.6. The summed E-state index contributed by atoms with van der Waals surface area (Å²) in [5.74, 6) is 0. The van der Waals surface area contributed by atoms with Gasteiger partial charge in [0, 0.05) is 12.2 Å². The number of sulfonamides is 1. The van der Waals surface area contributed by atoms with Crippen LogP contribution in [0.25, 0.3) is 0 Å². The van der Waals surface area contributed by atoms with Gasteiger partial charge in [-0.1, -0.05) is 24.3 Å².